The normalized spacial score (nSPS) is 18.8. The number of rotatable bonds is 3. The Kier molecular flexibility index (Phi) is 3.41. The number of aromatic nitrogens is 2. The van der Waals surface area contributed by atoms with E-state index >= 15 is 0 Å². The molecule has 0 radical (unpaired) electrons. The minimum Gasteiger partial charge on any atom is -0.376 e. The molecule has 1 saturated heterocycles. The number of aryl methyl sites for hydroxylation is 1. The van der Waals surface area contributed by atoms with Crippen molar-refractivity contribution in [1.82, 2.24) is 14.9 Å². The van der Waals surface area contributed by atoms with Gasteiger partial charge in [-0.15, -0.1) is 0 Å². The van der Waals surface area contributed by atoms with Gasteiger partial charge in [0.1, 0.15) is 11.4 Å². The summed E-state index contributed by atoms with van der Waals surface area (Å²) in [7, 11) is 0. The second-order valence-corrected chi connectivity index (χ2v) is 6.19. The number of carbonyl (C=O) groups excluding carboxylic acids is 1. The van der Waals surface area contributed by atoms with Crippen molar-refractivity contribution in [2.24, 2.45) is 0 Å². The van der Waals surface area contributed by atoms with Gasteiger partial charge in [0, 0.05) is 24.0 Å². The summed E-state index contributed by atoms with van der Waals surface area (Å²) in [5.41, 5.74) is 0.750. The van der Waals surface area contributed by atoms with Gasteiger partial charge in [-0.1, -0.05) is 18.2 Å². The summed E-state index contributed by atoms with van der Waals surface area (Å²) in [5, 5.41) is 2.95. The molecule has 5 nitrogen and oxygen atoms in total. The van der Waals surface area contributed by atoms with E-state index in [1.54, 1.807) is 24.4 Å². The van der Waals surface area contributed by atoms with Crippen molar-refractivity contribution < 1.29 is 13.9 Å². The molecular formula is C17H18FN3O2. The average Bonchev–Trinajstić information content (AvgIpc) is 2.96. The van der Waals surface area contributed by atoms with Gasteiger partial charge in [0.25, 0.3) is 5.91 Å². The molecule has 0 spiro atoms. The third-order valence-corrected chi connectivity index (χ3v) is 4.65. The lowest BCUT2D eigenvalue weighted by Crippen LogP contribution is -2.60. The Morgan fingerprint density at radius 1 is 1.30 bits per heavy atom. The molecular weight excluding hydrogens is 297 g/mol. The summed E-state index contributed by atoms with van der Waals surface area (Å²) in [4.78, 5) is 17.0. The number of halogens is 1. The Labute approximate surface area is 133 Å². The minimum absolute atomic E-state index is 0.271. The number of hydrogen-bond donors (Lipinski definition) is 1. The van der Waals surface area contributed by atoms with E-state index in [0.717, 1.165) is 31.5 Å². The Hall–Kier alpha value is -2.21. The van der Waals surface area contributed by atoms with Crippen molar-refractivity contribution in [2.75, 3.05) is 13.2 Å². The van der Waals surface area contributed by atoms with Crippen LogP contribution in [0.1, 0.15) is 34.7 Å². The molecule has 2 aliphatic rings. The van der Waals surface area contributed by atoms with E-state index < -0.39 is 5.54 Å². The number of benzene rings is 1. The minimum atomic E-state index is -0.802. The van der Waals surface area contributed by atoms with Crippen molar-refractivity contribution in [3.8, 4) is 0 Å². The van der Waals surface area contributed by atoms with Gasteiger partial charge in [0.2, 0.25) is 0 Å². The Morgan fingerprint density at radius 3 is 2.87 bits per heavy atom. The zero-order chi connectivity index (χ0) is 15.9. The fraction of sp³-hybridized carbons (Fsp3) is 0.412. The Bertz CT molecular complexity index is 752. The third-order valence-electron chi connectivity index (χ3n) is 4.65. The first kappa shape index (κ1) is 14.4. The molecule has 1 N–H and O–H groups in total. The van der Waals surface area contributed by atoms with Crippen molar-refractivity contribution in [3.63, 3.8) is 0 Å². The molecule has 3 heterocycles. The van der Waals surface area contributed by atoms with Gasteiger partial charge in [-0.2, -0.15) is 0 Å². The predicted molar refractivity (Wildman–Crippen MR) is 81.5 cm³/mol. The molecule has 2 aliphatic heterocycles. The fourth-order valence-corrected chi connectivity index (χ4v) is 3.34. The highest BCUT2D eigenvalue weighted by molar-refractivity contribution is 5.91. The van der Waals surface area contributed by atoms with Crippen LogP contribution in [0.5, 0.6) is 0 Å². The van der Waals surface area contributed by atoms with Crippen molar-refractivity contribution >= 4 is 5.91 Å². The molecule has 2 aromatic rings. The van der Waals surface area contributed by atoms with Gasteiger partial charge in [0.05, 0.1) is 13.2 Å². The average molecular weight is 315 g/mol. The summed E-state index contributed by atoms with van der Waals surface area (Å²) in [6.45, 7) is 1.35. The van der Waals surface area contributed by atoms with Gasteiger partial charge >= 0.3 is 0 Å². The van der Waals surface area contributed by atoms with Crippen LogP contribution >= 0.6 is 0 Å². The molecule has 1 amide bonds. The van der Waals surface area contributed by atoms with E-state index in [9.17, 15) is 9.18 Å². The molecule has 120 valence electrons. The van der Waals surface area contributed by atoms with Gasteiger partial charge in [-0.25, -0.2) is 9.37 Å². The molecule has 0 aliphatic carbocycles. The third kappa shape index (κ3) is 2.34. The molecule has 0 unspecified atom stereocenters. The zero-order valence-corrected chi connectivity index (χ0v) is 12.7. The quantitative estimate of drug-likeness (QED) is 0.943. The van der Waals surface area contributed by atoms with E-state index in [1.807, 2.05) is 4.57 Å². The van der Waals surface area contributed by atoms with Crippen LogP contribution in [0, 0.1) is 5.82 Å². The maximum atomic E-state index is 14.1. The number of carbonyl (C=O) groups is 1. The van der Waals surface area contributed by atoms with Gasteiger partial charge in [0.15, 0.2) is 5.82 Å². The number of nitrogens with one attached hydrogen (secondary N) is 1. The highest BCUT2D eigenvalue weighted by Crippen LogP contribution is 2.32. The van der Waals surface area contributed by atoms with E-state index in [2.05, 4.69) is 10.3 Å². The zero-order valence-electron chi connectivity index (χ0n) is 12.7. The van der Waals surface area contributed by atoms with Crippen LogP contribution in [-0.4, -0.2) is 28.7 Å². The van der Waals surface area contributed by atoms with E-state index in [1.165, 1.54) is 6.07 Å². The second kappa shape index (κ2) is 5.45. The van der Waals surface area contributed by atoms with Crippen LogP contribution in [0.25, 0.3) is 0 Å². The number of ether oxygens (including phenoxy) is 1. The van der Waals surface area contributed by atoms with E-state index in [-0.39, 0.29) is 24.9 Å². The summed E-state index contributed by atoms with van der Waals surface area (Å²) < 4.78 is 21.4. The van der Waals surface area contributed by atoms with Crippen LogP contribution in [0.15, 0.2) is 30.5 Å². The van der Waals surface area contributed by atoms with Crippen LogP contribution in [0.4, 0.5) is 4.39 Å². The van der Waals surface area contributed by atoms with E-state index in [0.29, 0.717) is 11.4 Å². The summed E-state index contributed by atoms with van der Waals surface area (Å²) in [5.74, 6) is -0.201. The molecule has 0 bridgehead atoms. The van der Waals surface area contributed by atoms with Crippen LogP contribution in [-0.2, 0) is 23.2 Å². The maximum absolute atomic E-state index is 14.1. The first-order chi connectivity index (χ1) is 11.2. The molecule has 0 atom stereocenters. The van der Waals surface area contributed by atoms with Gasteiger partial charge in [-0.3, -0.25) is 4.79 Å². The molecule has 1 aromatic carbocycles. The standard InChI is InChI=1S/C17H18FN3O2/c18-14-7-2-1-6-13(14)17(10-23-11-17)20-16(22)15-19-9-12-5-3-4-8-21(12)15/h1-2,6-7,9H,3-5,8,10-11H2,(H,20,22). The Morgan fingerprint density at radius 2 is 2.13 bits per heavy atom. The van der Waals surface area contributed by atoms with Crippen LogP contribution in [0.3, 0.4) is 0 Å². The van der Waals surface area contributed by atoms with Gasteiger partial charge in [-0.05, 0) is 25.3 Å². The molecule has 1 aromatic heterocycles. The number of nitrogens with zero attached hydrogens (tertiary/aromatic N) is 2. The lowest BCUT2D eigenvalue weighted by molar-refractivity contribution is -0.0751. The topological polar surface area (TPSA) is 56.1 Å². The maximum Gasteiger partial charge on any atom is 0.288 e. The van der Waals surface area contributed by atoms with Crippen LogP contribution < -0.4 is 5.32 Å². The fourth-order valence-electron chi connectivity index (χ4n) is 3.34. The SMILES string of the molecule is O=C(NC1(c2ccccc2F)COC1)c1ncc2n1CCCC2. The number of hydrogen-bond acceptors (Lipinski definition) is 3. The number of amides is 1. The van der Waals surface area contributed by atoms with E-state index in [4.69, 9.17) is 4.74 Å². The molecule has 6 heteroatoms. The molecule has 1 fully saturated rings. The molecule has 0 saturated carbocycles. The van der Waals surface area contributed by atoms with Gasteiger partial charge < -0.3 is 14.6 Å². The smallest absolute Gasteiger partial charge is 0.288 e. The first-order valence-electron chi connectivity index (χ1n) is 7.89. The molecule has 23 heavy (non-hydrogen) atoms. The monoisotopic (exact) mass is 315 g/mol. The van der Waals surface area contributed by atoms with Crippen molar-refractivity contribution in [2.45, 2.75) is 31.3 Å². The van der Waals surface area contributed by atoms with Crippen LogP contribution in [0.2, 0.25) is 0 Å². The predicted octanol–water partition coefficient (Wildman–Crippen LogP) is 2.01. The summed E-state index contributed by atoms with van der Waals surface area (Å²) in [6.07, 6.45) is 4.88. The first-order valence-corrected chi connectivity index (χ1v) is 7.89. The number of fused-ring (bicyclic) bond motifs is 1. The number of imidazole rings is 1. The van der Waals surface area contributed by atoms with Crippen molar-refractivity contribution in [1.29, 1.82) is 0 Å². The lowest BCUT2D eigenvalue weighted by atomic mass is 9.87. The molecule has 4 rings (SSSR count). The highest BCUT2D eigenvalue weighted by Gasteiger charge is 2.44. The lowest BCUT2D eigenvalue weighted by Gasteiger charge is -2.42. The highest BCUT2D eigenvalue weighted by atomic mass is 19.1. The van der Waals surface area contributed by atoms with Crippen molar-refractivity contribution in [3.05, 3.63) is 53.4 Å². The Balaban J connectivity index is 1.63. The largest absolute Gasteiger partial charge is 0.376 e. The second-order valence-electron chi connectivity index (χ2n) is 6.19. The summed E-state index contributed by atoms with van der Waals surface area (Å²) in [6, 6.07) is 6.50. The summed E-state index contributed by atoms with van der Waals surface area (Å²) >= 11 is 0.